The van der Waals surface area contributed by atoms with Crippen LogP contribution in [0.25, 0.3) is 50.6 Å². The quantitative estimate of drug-likeness (QED) is 0.111. The molecule has 362 valence electrons. The zero-order chi connectivity index (χ0) is 50.0. The number of aryl methyl sites for hydroxylation is 1. The van der Waals surface area contributed by atoms with Crippen molar-refractivity contribution in [3.05, 3.63) is 244 Å². The van der Waals surface area contributed by atoms with Crippen molar-refractivity contribution in [2.45, 2.75) is 26.9 Å². The summed E-state index contributed by atoms with van der Waals surface area (Å²) in [5.41, 5.74) is 7.46. The van der Waals surface area contributed by atoms with Crippen molar-refractivity contribution in [1.29, 1.82) is 0 Å². The highest BCUT2D eigenvalue weighted by atomic mass is 32.1. The van der Waals surface area contributed by atoms with E-state index in [1.165, 1.54) is 22.3 Å². The molecule has 0 radical (unpaired) electrons. The molecule has 73 heavy (non-hydrogen) atoms. The lowest BCUT2D eigenvalue weighted by Gasteiger charge is -2.09. The van der Waals surface area contributed by atoms with Crippen LogP contribution in [-0.2, 0) is 22.6 Å². The zero-order valence-electron chi connectivity index (χ0n) is 40.0. The minimum atomic E-state index is -0.347. The van der Waals surface area contributed by atoms with Gasteiger partial charge in [-0.15, -0.1) is 0 Å². The molecule has 0 aliphatic rings. The van der Waals surface area contributed by atoms with Gasteiger partial charge in [0.05, 0.1) is 36.8 Å². The summed E-state index contributed by atoms with van der Waals surface area (Å²) in [5.74, 6) is 2.31. The molecule has 13 nitrogen and oxygen atoms in total. The van der Waals surface area contributed by atoms with Gasteiger partial charge >= 0.3 is 5.97 Å². The third kappa shape index (κ3) is 13.2. The normalized spacial score (nSPS) is 11.7. The van der Waals surface area contributed by atoms with Crippen LogP contribution >= 0.6 is 34.6 Å². The Labute approximate surface area is 434 Å². The molecule has 5 heterocycles. The maximum atomic E-state index is 11.5. The number of pyridine rings is 2. The molecule has 0 aliphatic heterocycles. The van der Waals surface area contributed by atoms with Crippen LogP contribution in [-0.4, -0.2) is 55.9 Å². The molecular weight excluding hydrogens is 967 g/mol. The fourth-order valence-electron chi connectivity index (χ4n) is 7.39. The van der Waals surface area contributed by atoms with E-state index in [0.29, 0.717) is 24.5 Å². The van der Waals surface area contributed by atoms with E-state index in [9.17, 15) is 4.79 Å². The Kier molecular flexibility index (Phi) is 16.9. The van der Waals surface area contributed by atoms with Gasteiger partial charge in [0.1, 0.15) is 12.4 Å². The number of benzene rings is 6. The second kappa shape index (κ2) is 25.0. The van der Waals surface area contributed by atoms with Gasteiger partial charge in [-0.05, 0) is 119 Å². The Balaban J connectivity index is 0.000000137. The molecule has 0 saturated carbocycles. The Bertz CT molecular complexity index is 3640. The molecule has 0 amide bonds. The molecule has 0 atom stereocenters. The number of esters is 1. The third-order valence-corrected chi connectivity index (χ3v) is 13.7. The minimum absolute atomic E-state index is 0.0234. The van der Waals surface area contributed by atoms with Gasteiger partial charge in [-0.3, -0.25) is 28.7 Å². The molecular formula is C57H49N11O2S3. The van der Waals surface area contributed by atoms with E-state index in [0.717, 1.165) is 66.4 Å². The Morgan fingerprint density at radius 1 is 0.507 bits per heavy atom. The second-order valence-corrected chi connectivity index (χ2v) is 18.6. The maximum absolute atomic E-state index is 11.5. The summed E-state index contributed by atoms with van der Waals surface area (Å²) in [5, 5.41) is 2.38. The van der Waals surface area contributed by atoms with E-state index in [4.69, 9.17) is 14.7 Å². The van der Waals surface area contributed by atoms with Gasteiger partial charge in [0.25, 0.3) is 0 Å². The Morgan fingerprint density at radius 3 is 1.56 bits per heavy atom. The van der Waals surface area contributed by atoms with Crippen molar-refractivity contribution in [2.24, 2.45) is 15.0 Å². The molecule has 0 fully saturated rings. The zero-order valence-corrected chi connectivity index (χ0v) is 42.4. The first-order valence-electron chi connectivity index (χ1n) is 23.4. The van der Waals surface area contributed by atoms with Crippen LogP contribution in [0.4, 0.5) is 0 Å². The van der Waals surface area contributed by atoms with E-state index in [-0.39, 0.29) is 12.5 Å². The number of carbonyl (C=O) groups is 1. The molecule has 0 bridgehead atoms. The van der Waals surface area contributed by atoms with Crippen molar-refractivity contribution >= 4 is 51.3 Å². The van der Waals surface area contributed by atoms with Crippen LogP contribution < -0.4 is 14.4 Å². The van der Waals surface area contributed by atoms with Gasteiger partial charge in [0.15, 0.2) is 11.6 Å². The lowest BCUT2D eigenvalue weighted by atomic mass is 10.0. The fourth-order valence-corrected chi connectivity index (χ4v) is 9.98. The van der Waals surface area contributed by atoms with Crippen LogP contribution in [0.5, 0.6) is 0 Å². The predicted octanol–water partition coefficient (Wildman–Crippen LogP) is 11.1. The summed E-state index contributed by atoms with van der Waals surface area (Å²) in [4.78, 5) is 49.4. The molecule has 11 rings (SSSR count). The van der Waals surface area contributed by atoms with E-state index in [1.807, 2.05) is 145 Å². The smallest absolute Gasteiger partial charge is 0.327 e. The molecule has 6 aromatic carbocycles. The first-order chi connectivity index (χ1) is 36.0. The van der Waals surface area contributed by atoms with E-state index < -0.39 is 0 Å². The molecule has 16 heteroatoms. The summed E-state index contributed by atoms with van der Waals surface area (Å²) in [6, 6.07) is 63.0. The Hall–Kier alpha value is -8.57. The van der Waals surface area contributed by atoms with Crippen molar-refractivity contribution in [2.75, 3.05) is 13.2 Å². The molecule has 0 saturated heterocycles. The maximum Gasteiger partial charge on any atom is 0.327 e. The number of aromatic nitrogens is 8. The minimum Gasteiger partial charge on any atom is -0.465 e. The van der Waals surface area contributed by atoms with Gasteiger partial charge in [-0.1, -0.05) is 140 Å². The van der Waals surface area contributed by atoms with Gasteiger partial charge in [0, 0.05) is 35.9 Å². The van der Waals surface area contributed by atoms with Crippen molar-refractivity contribution in [1.82, 2.24) is 36.8 Å². The van der Waals surface area contributed by atoms with Crippen molar-refractivity contribution in [3.63, 3.8) is 0 Å². The summed E-state index contributed by atoms with van der Waals surface area (Å²) in [6.07, 6.45) is 7.21. The summed E-state index contributed by atoms with van der Waals surface area (Å²) in [6.45, 7) is 5.27. The largest absolute Gasteiger partial charge is 0.465 e. The summed E-state index contributed by atoms with van der Waals surface area (Å²) < 4.78 is 11.2. The van der Waals surface area contributed by atoms with Crippen LogP contribution in [0.3, 0.4) is 0 Å². The molecule has 0 spiro atoms. The van der Waals surface area contributed by atoms with Crippen LogP contribution in [0.15, 0.2) is 228 Å². The monoisotopic (exact) mass is 1020 g/mol. The topological polar surface area (TPSA) is 143 Å². The molecule has 0 aliphatic carbocycles. The molecule has 0 unspecified atom stereocenters. The average Bonchev–Trinajstić information content (AvgIpc) is 4.20. The Morgan fingerprint density at radius 2 is 0.986 bits per heavy atom. The molecule has 11 aromatic rings. The van der Waals surface area contributed by atoms with Crippen molar-refractivity contribution < 1.29 is 9.53 Å². The highest BCUT2D eigenvalue weighted by Gasteiger charge is 2.14. The van der Waals surface area contributed by atoms with Crippen molar-refractivity contribution in [3.8, 4) is 39.8 Å². The molecule has 5 aromatic heterocycles. The lowest BCUT2D eigenvalue weighted by Crippen LogP contribution is -2.11. The van der Waals surface area contributed by atoms with E-state index in [1.54, 1.807) is 42.4 Å². The number of fused-ring (bicyclic) bond motifs is 1. The number of nitrogens with zero attached hydrogens (tertiary/aromatic N) is 11. The lowest BCUT2D eigenvalue weighted by molar-refractivity contribution is -0.141. The number of para-hydroxylation sites is 3. The second-order valence-electron chi connectivity index (χ2n) is 15.9. The summed E-state index contributed by atoms with van der Waals surface area (Å²) in [7, 11) is 0. The standard InChI is InChI=1S/C24H18N4S.C18H17N3O2S.C15H14N4S/c1-2-11-20(12-3-1)28-23(22-14-6-10-19-9-4-5-13-21(19)22)27-24(29-28)26-17-18-8-7-15-25-16-18;1-2-23-16(22)13-19-18-20-17(14-9-5-3-6-10-14)21(24-18)15-11-7-4-8-12-15;1-12-18-15(17-11-13-6-5-9-16-10-13)20-19(12)14-7-3-2-4-8-14/h1-16H,17H2;3-12H,2,13H2,1H3;2-10H,11H2,1H3. The number of hydrogen-bond acceptors (Lipinski definition) is 13. The number of rotatable bonds is 12. The molecule has 0 N–H and O–H groups in total. The van der Waals surface area contributed by atoms with Gasteiger partial charge in [-0.25, -0.2) is 17.9 Å². The highest BCUT2D eigenvalue weighted by Crippen LogP contribution is 2.30. The number of carbonyl (C=O) groups excluding carboxylic acids is 1. The van der Waals surface area contributed by atoms with E-state index >= 15 is 0 Å². The number of ether oxygens (including phenoxy) is 1. The first kappa shape index (κ1) is 49.4. The van der Waals surface area contributed by atoms with E-state index in [2.05, 4.69) is 105 Å². The van der Waals surface area contributed by atoms with Gasteiger partial charge in [-0.2, -0.15) is 9.97 Å². The van der Waals surface area contributed by atoms with Crippen LogP contribution in [0.2, 0.25) is 0 Å². The van der Waals surface area contributed by atoms with Crippen LogP contribution in [0.1, 0.15) is 23.9 Å². The number of hydrogen-bond donors (Lipinski definition) is 0. The van der Waals surface area contributed by atoms with Gasteiger partial charge < -0.3 is 4.74 Å². The SMILES string of the molecule is CCOC(=O)CN=c1nc(-c2ccccc2)n(-c2ccccc2)s1.Cc1nc(=NCc2cccnc2)sn1-c1ccccc1.c1ccc(-n2sc(=NCc3cccnc3)nc2-c2cccc3ccccc23)cc1. The predicted molar refractivity (Wildman–Crippen MR) is 292 cm³/mol. The third-order valence-electron chi connectivity index (χ3n) is 10.8. The first-order valence-corrected chi connectivity index (χ1v) is 25.7. The average molecular weight is 1020 g/mol. The fraction of sp³-hybridized carbons (Fsp3) is 0.105. The van der Waals surface area contributed by atoms with Crippen LogP contribution in [0, 0.1) is 6.92 Å². The van der Waals surface area contributed by atoms with Gasteiger partial charge in [0.2, 0.25) is 14.4 Å². The highest BCUT2D eigenvalue weighted by molar-refractivity contribution is 7.04. The summed E-state index contributed by atoms with van der Waals surface area (Å²) >= 11 is 4.50.